The number of thiophene rings is 1. The fourth-order valence-corrected chi connectivity index (χ4v) is 3.69. The van der Waals surface area contributed by atoms with Crippen LogP contribution in [-0.4, -0.2) is 25.8 Å². The lowest BCUT2D eigenvalue weighted by molar-refractivity contribution is 0.0339. The Bertz CT molecular complexity index is 327. The molecule has 0 saturated carbocycles. The van der Waals surface area contributed by atoms with Gasteiger partial charge in [0.25, 0.3) is 0 Å². The van der Waals surface area contributed by atoms with Gasteiger partial charge in [-0.15, -0.1) is 11.3 Å². The molecule has 1 aromatic rings. The van der Waals surface area contributed by atoms with Crippen LogP contribution in [0.4, 0.5) is 0 Å². The highest BCUT2D eigenvalue weighted by atomic mass is 79.9. The number of halogens is 1. The number of hydrogen-bond donors (Lipinski definition) is 1. The molecule has 0 aliphatic rings. The zero-order chi connectivity index (χ0) is 12.8. The SMILES string of the molecule is CCNC(Cc1ccc(Br)s1)C(OC)C(C)C. The van der Waals surface area contributed by atoms with Crippen molar-refractivity contribution in [2.45, 2.75) is 39.3 Å². The third kappa shape index (κ3) is 4.70. The van der Waals surface area contributed by atoms with Crippen molar-refractivity contribution in [3.8, 4) is 0 Å². The number of hydrogen-bond acceptors (Lipinski definition) is 3. The van der Waals surface area contributed by atoms with E-state index in [9.17, 15) is 0 Å². The Morgan fingerprint density at radius 3 is 2.53 bits per heavy atom. The van der Waals surface area contributed by atoms with Gasteiger partial charge in [-0.1, -0.05) is 20.8 Å². The van der Waals surface area contributed by atoms with Crippen molar-refractivity contribution in [1.29, 1.82) is 0 Å². The van der Waals surface area contributed by atoms with E-state index in [0.29, 0.717) is 12.0 Å². The number of likely N-dealkylation sites (N-methyl/N-ethyl adjacent to an activating group) is 1. The second kappa shape index (κ2) is 7.52. The molecule has 0 aliphatic heterocycles. The van der Waals surface area contributed by atoms with Gasteiger partial charge in [0.05, 0.1) is 9.89 Å². The van der Waals surface area contributed by atoms with E-state index in [1.807, 2.05) is 0 Å². The highest BCUT2D eigenvalue weighted by molar-refractivity contribution is 9.11. The molecule has 4 heteroatoms. The highest BCUT2D eigenvalue weighted by Gasteiger charge is 2.24. The first-order chi connectivity index (χ1) is 8.08. The molecule has 0 amide bonds. The first kappa shape index (κ1) is 15.2. The Labute approximate surface area is 117 Å². The molecule has 0 radical (unpaired) electrons. The summed E-state index contributed by atoms with van der Waals surface area (Å²) >= 11 is 5.31. The van der Waals surface area contributed by atoms with Crippen molar-refractivity contribution in [3.63, 3.8) is 0 Å². The molecule has 0 aliphatic carbocycles. The fraction of sp³-hybridized carbons (Fsp3) is 0.692. The van der Waals surface area contributed by atoms with E-state index < -0.39 is 0 Å². The molecule has 0 aromatic carbocycles. The van der Waals surface area contributed by atoms with E-state index in [-0.39, 0.29) is 6.10 Å². The Hall–Kier alpha value is 0.1000. The Balaban J connectivity index is 2.70. The molecule has 2 atom stereocenters. The van der Waals surface area contributed by atoms with E-state index in [4.69, 9.17) is 4.74 Å². The summed E-state index contributed by atoms with van der Waals surface area (Å²) in [6, 6.07) is 4.68. The second-order valence-corrected chi connectivity index (χ2v) is 7.07. The van der Waals surface area contributed by atoms with Crippen LogP contribution in [0.2, 0.25) is 0 Å². The predicted molar refractivity (Wildman–Crippen MR) is 78.8 cm³/mol. The van der Waals surface area contributed by atoms with Crippen molar-refractivity contribution in [2.75, 3.05) is 13.7 Å². The van der Waals surface area contributed by atoms with Crippen molar-refractivity contribution in [1.82, 2.24) is 5.32 Å². The summed E-state index contributed by atoms with van der Waals surface area (Å²) in [7, 11) is 1.80. The maximum atomic E-state index is 5.64. The number of methoxy groups -OCH3 is 1. The first-order valence-corrected chi connectivity index (χ1v) is 7.69. The summed E-state index contributed by atoms with van der Waals surface area (Å²) in [5, 5.41) is 3.54. The summed E-state index contributed by atoms with van der Waals surface area (Å²) in [5.74, 6) is 0.521. The number of ether oxygens (including phenoxy) is 1. The summed E-state index contributed by atoms with van der Waals surface area (Å²) < 4.78 is 6.83. The minimum Gasteiger partial charge on any atom is -0.380 e. The summed E-state index contributed by atoms with van der Waals surface area (Å²) in [6.07, 6.45) is 1.29. The van der Waals surface area contributed by atoms with Gasteiger partial charge in [0.1, 0.15) is 0 Å². The van der Waals surface area contributed by atoms with Crippen molar-refractivity contribution < 1.29 is 4.74 Å². The minimum atomic E-state index is 0.260. The van der Waals surface area contributed by atoms with Gasteiger partial charge in [0, 0.05) is 18.0 Å². The molecule has 98 valence electrons. The van der Waals surface area contributed by atoms with Gasteiger partial charge in [-0.25, -0.2) is 0 Å². The molecule has 1 N–H and O–H groups in total. The molecule has 0 spiro atoms. The molecular formula is C13H22BrNOS. The van der Waals surface area contributed by atoms with E-state index in [1.54, 1.807) is 18.4 Å². The van der Waals surface area contributed by atoms with E-state index in [0.717, 1.165) is 13.0 Å². The molecule has 2 unspecified atom stereocenters. The molecule has 0 fully saturated rings. The van der Waals surface area contributed by atoms with Gasteiger partial charge in [-0.2, -0.15) is 0 Å². The lowest BCUT2D eigenvalue weighted by atomic mass is 9.96. The van der Waals surface area contributed by atoms with Gasteiger partial charge in [0.2, 0.25) is 0 Å². The van der Waals surface area contributed by atoms with Crippen LogP contribution >= 0.6 is 27.3 Å². The van der Waals surface area contributed by atoms with Crippen molar-refractivity contribution in [3.05, 3.63) is 20.8 Å². The maximum absolute atomic E-state index is 5.64. The average molecular weight is 320 g/mol. The second-order valence-electron chi connectivity index (χ2n) is 4.52. The van der Waals surface area contributed by atoms with Crippen LogP contribution in [-0.2, 0) is 11.2 Å². The van der Waals surface area contributed by atoms with Crippen LogP contribution in [0.1, 0.15) is 25.6 Å². The lowest BCUT2D eigenvalue weighted by Crippen LogP contribution is -2.45. The summed E-state index contributed by atoms with van der Waals surface area (Å²) in [5.41, 5.74) is 0. The van der Waals surface area contributed by atoms with E-state index >= 15 is 0 Å². The highest BCUT2D eigenvalue weighted by Crippen LogP contribution is 2.25. The Morgan fingerprint density at radius 2 is 2.12 bits per heavy atom. The third-order valence-corrected chi connectivity index (χ3v) is 4.49. The van der Waals surface area contributed by atoms with Gasteiger partial charge >= 0.3 is 0 Å². The van der Waals surface area contributed by atoms with E-state index in [1.165, 1.54) is 8.66 Å². The molecule has 2 nitrogen and oxygen atoms in total. The van der Waals surface area contributed by atoms with Crippen molar-refractivity contribution in [2.24, 2.45) is 5.92 Å². The normalized spacial score (nSPS) is 15.2. The van der Waals surface area contributed by atoms with Crippen molar-refractivity contribution >= 4 is 27.3 Å². The van der Waals surface area contributed by atoms with Gasteiger partial charge in [-0.3, -0.25) is 0 Å². The Morgan fingerprint density at radius 1 is 1.41 bits per heavy atom. The van der Waals surface area contributed by atoms with Gasteiger partial charge in [0.15, 0.2) is 0 Å². The van der Waals surface area contributed by atoms with Gasteiger partial charge in [-0.05, 0) is 46.9 Å². The number of rotatable bonds is 7. The number of nitrogens with one attached hydrogen (secondary N) is 1. The zero-order valence-corrected chi connectivity index (χ0v) is 13.4. The van der Waals surface area contributed by atoms with Crippen LogP contribution in [0.25, 0.3) is 0 Å². The molecule has 17 heavy (non-hydrogen) atoms. The fourth-order valence-electron chi connectivity index (χ4n) is 2.15. The quantitative estimate of drug-likeness (QED) is 0.827. The minimum absolute atomic E-state index is 0.260. The predicted octanol–water partition coefficient (Wildman–Crippen LogP) is 3.70. The largest absolute Gasteiger partial charge is 0.380 e. The van der Waals surface area contributed by atoms with Crippen LogP contribution in [0, 0.1) is 5.92 Å². The monoisotopic (exact) mass is 319 g/mol. The third-order valence-electron chi connectivity index (χ3n) is 2.84. The molecular weight excluding hydrogens is 298 g/mol. The van der Waals surface area contributed by atoms with Crippen LogP contribution < -0.4 is 5.32 Å². The molecule has 1 aromatic heterocycles. The molecule has 0 saturated heterocycles. The van der Waals surface area contributed by atoms with Crippen LogP contribution in [0.3, 0.4) is 0 Å². The van der Waals surface area contributed by atoms with Crippen LogP contribution in [0.15, 0.2) is 15.9 Å². The first-order valence-electron chi connectivity index (χ1n) is 6.08. The van der Waals surface area contributed by atoms with E-state index in [2.05, 4.69) is 54.2 Å². The van der Waals surface area contributed by atoms with Gasteiger partial charge < -0.3 is 10.1 Å². The topological polar surface area (TPSA) is 21.3 Å². The maximum Gasteiger partial charge on any atom is 0.0750 e. The average Bonchev–Trinajstić information content (AvgIpc) is 2.64. The molecule has 1 rings (SSSR count). The molecule has 0 bridgehead atoms. The Kier molecular flexibility index (Phi) is 6.70. The van der Waals surface area contributed by atoms with Crippen LogP contribution in [0.5, 0.6) is 0 Å². The smallest absolute Gasteiger partial charge is 0.0750 e. The molecule has 1 heterocycles. The summed E-state index contributed by atoms with van der Waals surface area (Å²) in [4.78, 5) is 1.39. The lowest BCUT2D eigenvalue weighted by Gasteiger charge is -2.29. The summed E-state index contributed by atoms with van der Waals surface area (Å²) in [6.45, 7) is 7.54. The zero-order valence-electron chi connectivity index (χ0n) is 11.0. The standard InChI is InChI=1S/C13H22BrNOS/c1-5-15-11(13(16-4)9(2)3)8-10-6-7-12(14)17-10/h6-7,9,11,13,15H,5,8H2,1-4H3.